The van der Waals surface area contributed by atoms with Gasteiger partial charge in [-0.15, -0.1) is 11.3 Å². The topological polar surface area (TPSA) is 46.2 Å². The van der Waals surface area contributed by atoms with E-state index >= 15 is 0 Å². The SMILES string of the molecule is Cc1csc(C(O)=S)c1N. The molecule has 0 unspecified atom stereocenters. The lowest BCUT2D eigenvalue weighted by Gasteiger charge is -1.93. The van der Waals surface area contributed by atoms with Crippen LogP contribution in [0.4, 0.5) is 5.69 Å². The quantitative estimate of drug-likeness (QED) is 0.637. The summed E-state index contributed by atoms with van der Waals surface area (Å²) < 4.78 is 0. The molecule has 1 aromatic heterocycles. The van der Waals surface area contributed by atoms with E-state index in [2.05, 4.69) is 12.2 Å². The second-order valence-electron chi connectivity index (χ2n) is 1.97. The van der Waals surface area contributed by atoms with Gasteiger partial charge in [-0.2, -0.15) is 0 Å². The summed E-state index contributed by atoms with van der Waals surface area (Å²) in [5, 5.41) is 10.6. The number of thiophene rings is 1. The molecule has 0 aliphatic carbocycles. The van der Waals surface area contributed by atoms with E-state index in [-0.39, 0.29) is 5.05 Å². The van der Waals surface area contributed by atoms with Crippen LogP contribution in [0.5, 0.6) is 0 Å². The van der Waals surface area contributed by atoms with Gasteiger partial charge in [-0.3, -0.25) is 0 Å². The molecule has 0 aromatic carbocycles. The fraction of sp³-hybridized carbons (Fsp3) is 0.167. The first kappa shape index (κ1) is 7.50. The Kier molecular flexibility index (Phi) is 1.92. The lowest BCUT2D eigenvalue weighted by atomic mass is 10.3. The molecule has 1 heterocycles. The minimum atomic E-state index is -0.115. The lowest BCUT2D eigenvalue weighted by molar-refractivity contribution is 0.573. The fourth-order valence-corrected chi connectivity index (χ4v) is 1.68. The highest BCUT2D eigenvalue weighted by Gasteiger charge is 2.07. The van der Waals surface area contributed by atoms with E-state index in [9.17, 15) is 0 Å². The van der Waals surface area contributed by atoms with Gasteiger partial charge in [-0.25, -0.2) is 0 Å². The third kappa shape index (κ3) is 1.12. The largest absolute Gasteiger partial charge is 0.498 e. The molecule has 0 radical (unpaired) electrons. The molecule has 0 saturated heterocycles. The van der Waals surface area contributed by atoms with Crippen LogP contribution in [-0.4, -0.2) is 10.2 Å². The number of nitrogens with two attached hydrogens (primary N) is 1. The Morgan fingerprint density at radius 3 is 2.60 bits per heavy atom. The van der Waals surface area contributed by atoms with E-state index in [1.165, 1.54) is 11.3 Å². The monoisotopic (exact) mass is 173 g/mol. The Hall–Kier alpha value is -0.610. The van der Waals surface area contributed by atoms with E-state index in [0.717, 1.165) is 5.56 Å². The minimum Gasteiger partial charge on any atom is -0.498 e. The molecule has 0 amide bonds. The summed E-state index contributed by atoms with van der Waals surface area (Å²) in [5.74, 6) is 0. The highest BCUT2D eigenvalue weighted by molar-refractivity contribution is 7.80. The number of thiocarbonyl (C=S) groups is 1. The normalized spacial score (nSPS) is 9.70. The summed E-state index contributed by atoms with van der Waals surface area (Å²) in [6.45, 7) is 1.88. The Morgan fingerprint density at radius 2 is 2.40 bits per heavy atom. The van der Waals surface area contributed by atoms with Crippen molar-refractivity contribution >= 4 is 34.3 Å². The molecule has 0 spiro atoms. The van der Waals surface area contributed by atoms with Crippen molar-refractivity contribution in [3.63, 3.8) is 0 Å². The van der Waals surface area contributed by atoms with Crippen molar-refractivity contribution in [2.24, 2.45) is 0 Å². The van der Waals surface area contributed by atoms with Gasteiger partial charge in [0.05, 0.1) is 5.69 Å². The second kappa shape index (κ2) is 2.56. The average molecular weight is 173 g/mol. The third-order valence-electron chi connectivity index (χ3n) is 1.22. The van der Waals surface area contributed by atoms with Gasteiger partial charge >= 0.3 is 0 Å². The van der Waals surface area contributed by atoms with Gasteiger partial charge in [0.1, 0.15) is 4.88 Å². The van der Waals surface area contributed by atoms with Gasteiger partial charge in [-0.1, -0.05) is 0 Å². The minimum absolute atomic E-state index is 0.115. The summed E-state index contributed by atoms with van der Waals surface area (Å²) in [4.78, 5) is 0.604. The molecule has 0 aliphatic heterocycles. The number of aliphatic hydroxyl groups is 1. The molecular formula is C6H7NOS2. The first-order chi connectivity index (χ1) is 4.63. The van der Waals surface area contributed by atoms with Crippen LogP contribution < -0.4 is 5.73 Å². The average Bonchev–Trinajstić information content (AvgIpc) is 2.14. The van der Waals surface area contributed by atoms with Crippen LogP contribution in [0, 0.1) is 6.92 Å². The van der Waals surface area contributed by atoms with Crippen molar-refractivity contribution in [3.8, 4) is 0 Å². The molecule has 4 heteroatoms. The Balaban J connectivity index is 3.17. The van der Waals surface area contributed by atoms with E-state index in [0.29, 0.717) is 10.6 Å². The van der Waals surface area contributed by atoms with E-state index in [1.54, 1.807) is 0 Å². The second-order valence-corrected chi connectivity index (χ2v) is 3.23. The van der Waals surface area contributed by atoms with Crippen LogP contribution >= 0.6 is 23.6 Å². The fourth-order valence-electron chi connectivity index (χ4n) is 0.619. The van der Waals surface area contributed by atoms with Crippen molar-refractivity contribution in [1.82, 2.24) is 0 Å². The molecule has 54 valence electrons. The van der Waals surface area contributed by atoms with E-state index in [4.69, 9.17) is 10.8 Å². The summed E-state index contributed by atoms with van der Waals surface area (Å²) in [7, 11) is 0. The Labute approximate surface area is 68.3 Å². The molecule has 3 N–H and O–H groups in total. The van der Waals surface area contributed by atoms with Crippen molar-refractivity contribution in [1.29, 1.82) is 0 Å². The van der Waals surface area contributed by atoms with Gasteiger partial charge in [-0.05, 0) is 30.1 Å². The van der Waals surface area contributed by atoms with Crippen molar-refractivity contribution < 1.29 is 5.11 Å². The van der Waals surface area contributed by atoms with Crippen LogP contribution in [0.25, 0.3) is 0 Å². The van der Waals surface area contributed by atoms with E-state index < -0.39 is 0 Å². The number of aliphatic hydroxyl groups excluding tert-OH is 1. The Bertz CT molecular complexity index is 267. The zero-order valence-electron chi connectivity index (χ0n) is 5.42. The Morgan fingerprint density at radius 1 is 1.80 bits per heavy atom. The van der Waals surface area contributed by atoms with Crippen molar-refractivity contribution in [2.45, 2.75) is 6.92 Å². The standard InChI is InChI=1S/C6H7NOS2/c1-3-2-10-5(4(3)7)6(8)9/h2H,7H2,1H3,(H,8,9). The maximum atomic E-state index is 8.88. The molecule has 0 bridgehead atoms. The molecule has 0 saturated carbocycles. The number of hydrogen-bond donors (Lipinski definition) is 2. The van der Waals surface area contributed by atoms with Crippen LogP contribution in [-0.2, 0) is 0 Å². The zero-order chi connectivity index (χ0) is 7.72. The van der Waals surface area contributed by atoms with Gasteiger partial charge in [0.15, 0.2) is 0 Å². The number of anilines is 1. The smallest absolute Gasteiger partial charge is 0.201 e. The molecule has 1 aromatic rings. The van der Waals surface area contributed by atoms with Crippen LogP contribution in [0.2, 0.25) is 0 Å². The first-order valence-corrected chi connectivity index (χ1v) is 3.98. The molecule has 1 rings (SSSR count). The van der Waals surface area contributed by atoms with Gasteiger partial charge in [0.2, 0.25) is 5.05 Å². The summed E-state index contributed by atoms with van der Waals surface area (Å²) >= 11 is 5.92. The number of rotatable bonds is 1. The summed E-state index contributed by atoms with van der Waals surface area (Å²) in [5.41, 5.74) is 7.13. The van der Waals surface area contributed by atoms with Crippen LogP contribution in [0.1, 0.15) is 10.4 Å². The molecule has 2 nitrogen and oxygen atoms in total. The molecule has 0 atom stereocenters. The van der Waals surface area contributed by atoms with Crippen molar-refractivity contribution in [3.05, 3.63) is 15.8 Å². The predicted molar refractivity (Wildman–Crippen MR) is 47.8 cm³/mol. The van der Waals surface area contributed by atoms with E-state index in [1.807, 2.05) is 12.3 Å². The van der Waals surface area contributed by atoms with Gasteiger partial charge in [0, 0.05) is 0 Å². The summed E-state index contributed by atoms with van der Waals surface area (Å²) in [6.07, 6.45) is 0. The van der Waals surface area contributed by atoms with Gasteiger partial charge < -0.3 is 10.8 Å². The molecule has 0 aliphatic rings. The molecule has 10 heavy (non-hydrogen) atoms. The zero-order valence-corrected chi connectivity index (χ0v) is 7.05. The predicted octanol–water partition coefficient (Wildman–Crippen LogP) is 1.87. The maximum absolute atomic E-state index is 8.88. The lowest BCUT2D eigenvalue weighted by Crippen LogP contribution is -1.96. The van der Waals surface area contributed by atoms with Crippen LogP contribution in [0.15, 0.2) is 5.38 Å². The maximum Gasteiger partial charge on any atom is 0.201 e. The first-order valence-electron chi connectivity index (χ1n) is 2.69. The number of hydrogen-bond acceptors (Lipinski definition) is 3. The number of aryl methyl sites for hydroxylation is 1. The highest BCUT2D eigenvalue weighted by atomic mass is 32.1. The third-order valence-corrected chi connectivity index (χ3v) is 2.67. The highest BCUT2D eigenvalue weighted by Crippen LogP contribution is 2.24. The van der Waals surface area contributed by atoms with Crippen LogP contribution in [0.3, 0.4) is 0 Å². The van der Waals surface area contributed by atoms with Crippen molar-refractivity contribution in [2.75, 3.05) is 5.73 Å². The van der Waals surface area contributed by atoms with Gasteiger partial charge in [0.25, 0.3) is 0 Å². The molecule has 0 fully saturated rings. The summed E-state index contributed by atoms with van der Waals surface area (Å²) in [6, 6.07) is 0. The molecular weight excluding hydrogens is 166 g/mol. The number of nitrogen functional groups attached to an aromatic ring is 1.